The fourth-order valence-corrected chi connectivity index (χ4v) is 4.36. The summed E-state index contributed by atoms with van der Waals surface area (Å²) in [6.45, 7) is 2.29. The van der Waals surface area contributed by atoms with Gasteiger partial charge in [0.25, 0.3) is 0 Å². The summed E-state index contributed by atoms with van der Waals surface area (Å²) in [5.74, 6) is 0. The SMILES string of the molecule is Clc1c2c(nc3cccc(N4CCCCCC4)c13)CCCC2. The number of benzene rings is 1. The van der Waals surface area contributed by atoms with Crippen LogP contribution < -0.4 is 4.90 Å². The van der Waals surface area contributed by atoms with Crippen molar-refractivity contribution in [1.82, 2.24) is 4.98 Å². The molecule has 0 radical (unpaired) electrons. The second kappa shape index (κ2) is 6.08. The fourth-order valence-electron chi connectivity index (χ4n) is 3.97. The van der Waals surface area contributed by atoms with E-state index < -0.39 is 0 Å². The normalized spacial score (nSPS) is 19.0. The Hall–Kier alpha value is -1.28. The summed E-state index contributed by atoms with van der Waals surface area (Å²) in [6.07, 6.45) is 9.92. The van der Waals surface area contributed by atoms with Crippen molar-refractivity contribution in [3.8, 4) is 0 Å². The number of halogens is 1. The van der Waals surface area contributed by atoms with E-state index in [4.69, 9.17) is 16.6 Å². The van der Waals surface area contributed by atoms with Gasteiger partial charge in [0.15, 0.2) is 0 Å². The van der Waals surface area contributed by atoms with Gasteiger partial charge in [-0.05, 0) is 56.2 Å². The van der Waals surface area contributed by atoms with Gasteiger partial charge in [-0.15, -0.1) is 0 Å². The summed E-state index contributed by atoms with van der Waals surface area (Å²) < 4.78 is 0. The molecule has 3 heteroatoms. The molecule has 4 rings (SSSR count). The van der Waals surface area contributed by atoms with Crippen LogP contribution in [-0.2, 0) is 12.8 Å². The maximum atomic E-state index is 6.86. The summed E-state index contributed by atoms with van der Waals surface area (Å²) in [4.78, 5) is 7.47. The third-order valence-corrected chi connectivity index (χ3v) is 5.56. The molecule has 1 aliphatic carbocycles. The summed E-state index contributed by atoms with van der Waals surface area (Å²) >= 11 is 6.86. The van der Waals surface area contributed by atoms with Crippen molar-refractivity contribution in [3.05, 3.63) is 34.5 Å². The Labute approximate surface area is 137 Å². The highest BCUT2D eigenvalue weighted by atomic mass is 35.5. The molecule has 0 bridgehead atoms. The van der Waals surface area contributed by atoms with Gasteiger partial charge in [-0.25, -0.2) is 0 Å². The Morgan fingerprint density at radius 2 is 1.68 bits per heavy atom. The highest BCUT2D eigenvalue weighted by Crippen LogP contribution is 2.38. The Balaban J connectivity index is 1.88. The lowest BCUT2D eigenvalue weighted by molar-refractivity contribution is 0.671. The van der Waals surface area contributed by atoms with Crippen molar-refractivity contribution in [2.45, 2.75) is 51.4 Å². The van der Waals surface area contributed by atoms with E-state index in [2.05, 4.69) is 23.1 Å². The molecule has 0 amide bonds. The van der Waals surface area contributed by atoms with E-state index >= 15 is 0 Å². The number of pyridine rings is 1. The van der Waals surface area contributed by atoms with Crippen molar-refractivity contribution in [3.63, 3.8) is 0 Å². The lowest BCUT2D eigenvalue weighted by atomic mass is 9.94. The van der Waals surface area contributed by atoms with Crippen LogP contribution >= 0.6 is 11.6 Å². The smallest absolute Gasteiger partial charge is 0.0741 e. The number of fused-ring (bicyclic) bond motifs is 2. The Morgan fingerprint density at radius 1 is 0.909 bits per heavy atom. The molecule has 0 N–H and O–H groups in total. The van der Waals surface area contributed by atoms with E-state index in [1.165, 1.54) is 60.9 Å². The third kappa shape index (κ3) is 2.48. The summed E-state index contributed by atoms with van der Waals surface area (Å²) in [5, 5.41) is 2.16. The lowest BCUT2D eigenvalue weighted by Gasteiger charge is -2.26. The number of anilines is 1. The molecular weight excluding hydrogens is 292 g/mol. The number of nitrogens with zero attached hydrogens (tertiary/aromatic N) is 2. The quantitative estimate of drug-likeness (QED) is 0.724. The van der Waals surface area contributed by atoms with E-state index in [1.54, 1.807) is 0 Å². The number of rotatable bonds is 1. The van der Waals surface area contributed by atoms with Crippen molar-refractivity contribution >= 4 is 28.2 Å². The zero-order valence-electron chi connectivity index (χ0n) is 13.1. The highest BCUT2D eigenvalue weighted by Gasteiger charge is 2.21. The maximum Gasteiger partial charge on any atom is 0.0741 e. The largest absolute Gasteiger partial charge is 0.371 e. The minimum atomic E-state index is 0.972. The molecule has 0 spiro atoms. The number of aromatic nitrogens is 1. The minimum absolute atomic E-state index is 0.972. The van der Waals surface area contributed by atoms with Gasteiger partial charge in [0.05, 0.1) is 10.5 Å². The number of aryl methyl sites for hydroxylation is 1. The van der Waals surface area contributed by atoms with E-state index in [9.17, 15) is 0 Å². The van der Waals surface area contributed by atoms with E-state index in [-0.39, 0.29) is 0 Å². The van der Waals surface area contributed by atoms with Crippen molar-refractivity contribution < 1.29 is 0 Å². The van der Waals surface area contributed by atoms with Gasteiger partial charge in [0.1, 0.15) is 0 Å². The minimum Gasteiger partial charge on any atom is -0.371 e. The molecule has 0 saturated carbocycles. The van der Waals surface area contributed by atoms with Crippen LogP contribution in [-0.4, -0.2) is 18.1 Å². The predicted molar refractivity (Wildman–Crippen MR) is 94.1 cm³/mol. The summed E-state index contributed by atoms with van der Waals surface area (Å²) in [7, 11) is 0. The van der Waals surface area contributed by atoms with Gasteiger partial charge in [0, 0.05) is 29.9 Å². The zero-order chi connectivity index (χ0) is 14.9. The molecule has 2 nitrogen and oxygen atoms in total. The van der Waals surface area contributed by atoms with Crippen LogP contribution in [0.4, 0.5) is 5.69 Å². The Kier molecular flexibility index (Phi) is 3.96. The van der Waals surface area contributed by atoms with Gasteiger partial charge in [-0.1, -0.05) is 30.5 Å². The second-order valence-corrected chi connectivity index (χ2v) is 7.01. The molecule has 1 aromatic carbocycles. The van der Waals surface area contributed by atoms with Crippen molar-refractivity contribution in [2.24, 2.45) is 0 Å². The molecule has 2 aliphatic rings. The first-order valence-corrected chi connectivity index (χ1v) is 9.07. The molecular formula is C19H23ClN2. The first-order valence-electron chi connectivity index (χ1n) is 8.69. The monoisotopic (exact) mass is 314 g/mol. The van der Waals surface area contributed by atoms with Crippen LogP contribution in [0.25, 0.3) is 10.9 Å². The van der Waals surface area contributed by atoms with Crippen LogP contribution in [0.3, 0.4) is 0 Å². The van der Waals surface area contributed by atoms with Gasteiger partial charge in [-0.3, -0.25) is 4.98 Å². The average molecular weight is 315 g/mol. The molecule has 116 valence electrons. The second-order valence-electron chi connectivity index (χ2n) is 6.63. The lowest BCUT2D eigenvalue weighted by Crippen LogP contribution is -2.24. The molecule has 1 fully saturated rings. The van der Waals surface area contributed by atoms with E-state index in [0.717, 1.165) is 36.5 Å². The van der Waals surface area contributed by atoms with Gasteiger partial charge in [-0.2, -0.15) is 0 Å². The van der Waals surface area contributed by atoms with Gasteiger partial charge >= 0.3 is 0 Å². The molecule has 22 heavy (non-hydrogen) atoms. The standard InChI is InChI=1S/C19H23ClN2/c20-19-14-8-3-4-9-15(14)21-16-10-7-11-17(18(16)19)22-12-5-1-2-6-13-22/h7,10-11H,1-6,8-9,12-13H2. The van der Waals surface area contributed by atoms with Gasteiger partial charge < -0.3 is 4.90 Å². The molecule has 0 atom stereocenters. The van der Waals surface area contributed by atoms with Crippen LogP contribution in [0.1, 0.15) is 49.8 Å². The van der Waals surface area contributed by atoms with E-state index in [0.29, 0.717) is 0 Å². The summed E-state index contributed by atoms with van der Waals surface area (Å²) in [5.41, 5.74) is 4.91. The molecule has 2 heterocycles. The Morgan fingerprint density at radius 3 is 2.50 bits per heavy atom. The topological polar surface area (TPSA) is 16.1 Å². The van der Waals surface area contributed by atoms with Gasteiger partial charge in [0.2, 0.25) is 0 Å². The van der Waals surface area contributed by atoms with Crippen molar-refractivity contribution in [1.29, 1.82) is 0 Å². The third-order valence-electron chi connectivity index (χ3n) is 5.15. The van der Waals surface area contributed by atoms with Crippen molar-refractivity contribution in [2.75, 3.05) is 18.0 Å². The maximum absolute atomic E-state index is 6.86. The predicted octanol–water partition coefficient (Wildman–Crippen LogP) is 5.15. The van der Waals surface area contributed by atoms with Crippen LogP contribution in [0.2, 0.25) is 5.02 Å². The number of hydrogen-bond acceptors (Lipinski definition) is 2. The van der Waals surface area contributed by atoms with Crippen LogP contribution in [0, 0.1) is 0 Å². The highest BCUT2D eigenvalue weighted by molar-refractivity contribution is 6.37. The van der Waals surface area contributed by atoms with E-state index in [1.807, 2.05) is 0 Å². The molecule has 2 aromatic rings. The van der Waals surface area contributed by atoms with Crippen LogP contribution in [0.5, 0.6) is 0 Å². The molecule has 1 aliphatic heterocycles. The molecule has 0 unspecified atom stereocenters. The first kappa shape index (κ1) is 14.3. The first-order chi connectivity index (χ1) is 10.8. The number of hydrogen-bond donors (Lipinski definition) is 0. The van der Waals surface area contributed by atoms with Crippen LogP contribution in [0.15, 0.2) is 18.2 Å². The molecule has 1 aromatic heterocycles. The molecule has 1 saturated heterocycles. The Bertz CT molecular complexity index is 687. The summed E-state index contributed by atoms with van der Waals surface area (Å²) in [6, 6.07) is 6.50. The zero-order valence-corrected chi connectivity index (χ0v) is 13.8. The fraction of sp³-hybridized carbons (Fsp3) is 0.526. The average Bonchev–Trinajstić information content (AvgIpc) is 2.84.